The third kappa shape index (κ3) is 10.2. The lowest BCUT2D eigenvalue weighted by atomic mass is 10.2. The molecule has 25 heavy (non-hydrogen) atoms. The number of rotatable bonds is 9. The summed E-state index contributed by atoms with van der Waals surface area (Å²) in [4.78, 5) is 15.4. The number of carbonyl (C=O) groups is 1. The molecule has 0 heterocycles. The van der Waals surface area contributed by atoms with Gasteiger partial charge in [0.05, 0.1) is 13.2 Å². The number of aryl methyl sites for hydroxylation is 1. The fourth-order valence-corrected chi connectivity index (χ4v) is 2.08. The molecule has 0 amide bonds. The highest BCUT2D eigenvalue weighted by Gasteiger charge is 2.07. The van der Waals surface area contributed by atoms with Gasteiger partial charge in [0.15, 0.2) is 5.96 Å². The predicted octanol–water partition coefficient (Wildman–Crippen LogP) is 2.89. The first-order chi connectivity index (χ1) is 11.6. The minimum atomic E-state index is -0.164. The van der Waals surface area contributed by atoms with Crippen molar-refractivity contribution >= 4 is 35.9 Å². The molecule has 0 aliphatic carbocycles. The van der Waals surface area contributed by atoms with Crippen LogP contribution in [0.2, 0.25) is 0 Å². The largest absolute Gasteiger partial charge is 0.489 e. The van der Waals surface area contributed by atoms with Crippen LogP contribution in [0.4, 0.5) is 0 Å². The number of esters is 1. The van der Waals surface area contributed by atoms with E-state index in [-0.39, 0.29) is 36.0 Å². The normalized spacial score (nSPS) is 11.9. The van der Waals surface area contributed by atoms with E-state index in [1.807, 2.05) is 45.0 Å². The van der Waals surface area contributed by atoms with Gasteiger partial charge in [-0.15, -0.1) is 24.0 Å². The highest BCUT2D eigenvalue weighted by atomic mass is 127. The monoisotopic (exact) mass is 463 g/mol. The third-order valence-corrected chi connectivity index (χ3v) is 3.36. The van der Waals surface area contributed by atoms with E-state index in [9.17, 15) is 4.79 Å². The van der Waals surface area contributed by atoms with Crippen LogP contribution in [-0.4, -0.2) is 44.8 Å². The third-order valence-electron chi connectivity index (χ3n) is 3.36. The van der Waals surface area contributed by atoms with E-state index in [0.29, 0.717) is 38.5 Å². The van der Waals surface area contributed by atoms with Crippen LogP contribution in [0, 0.1) is 6.92 Å². The number of halogens is 1. The molecule has 1 atom stereocenters. The number of nitrogens with zero attached hydrogens (tertiary/aromatic N) is 1. The molecule has 0 saturated heterocycles. The maximum absolute atomic E-state index is 11.3. The van der Waals surface area contributed by atoms with Gasteiger partial charge in [-0.05, 0) is 38.8 Å². The highest BCUT2D eigenvalue weighted by molar-refractivity contribution is 14.0. The van der Waals surface area contributed by atoms with Crippen LogP contribution in [0.5, 0.6) is 5.75 Å². The standard InChI is InChI=1S/C18H29N3O3.HI/c1-5-23-17(22)11-8-12-20-18(19-4)21-13-15(3)24-16-10-7-6-9-14(16)2;/h6-7,9-10,15H,5,8,11-13H2,1-4H3,(H2,19,20,21);1H. The van der Waals surface area contributed by atoms with Crippen LogP contribution < -0.4 is 15.4 Å². The number of ether oxygens (including phenoxy) is 2. The van der Waals surface area contributed by atoms with E-state index in [1.54, 1.807) is 7.05 Å². The Morgan fingerprint density at radius 2 is 2.00 bits per heavy atom. The Morgan fingerprint density at radius 3 is 2.64 bits per heavy atom. The van der Waals surface area contributed by atoms with Gasteiger partial charge in [-0.1, -0.05) is 18.2 Å². The van der Waals surface area contributed by atoms with Crippen LogP contribution in [0.15, 0.2) is 29.3 Å². The molecule has 0 spiro atoms. The zero-order valence-corrected chi connectivity index (χ0v) is 17.8. The van der Waals surface area contributed by atoms with Crippen molar-refractivity contribution < 1.29 is 14.3 Å². The smallest absolute Gasteiger partial charge is 0.305 e. The number of para-hydroxylation sites is 1. The quantitative estimate of drug-likeness (QED) is 0.194. The average Bonchev–Trinajstić information content (AvgIpc) is 2.56. The van der Waals surface area contributed by atoms with Crippen molar-refractivity contribution in [3.8, 4) is 5.75 Å². The van der Waals surface area contributed by atoms with E-state index in [0.717, 1.165) is 11.3 Å². The Labute approximate surface area is 167 Å². The summed E-state index contributed by atoms with van der Waals surface area (Å²) < 4.78 is 10.8. The first kappa shape index (κ1) is 23.5. The summed E-state index contributed by atoms with van der Waals surface area (Å²) in [6, 6.07) is 7.95. The molecular formula is C18H30IN3O3. The molecule has 0 radical (unpaired) electrons. The summed E-state index contributed by atoms with van der Waals surface area (Å²) >= 11 is 0. The first-order valence-electron chi connectivity index (χ1n) is 8.39. The van der Waals surface area contributed by atoms with Crippen LogP contribution in [0.25, 0.3) is 0 Å². The van der Waals surface area contributed by atoms with Gasteiger partial charge in [0.25, 0.3) is 0 Å². The number of aliphatic imine (C=N–C) groups is 1. The molecule has 0 aliphatic rings. The van der Waals surface area contributed by atoms with Gasteiger partial charge in [0.2, 0.25) is 0 Å². The van der Waals surface area contributed by atoms with E-state index in [4.69, 9.17) is 9.47 Å². The van der Waals surface area contributed by atoms with Gasteiger partial charge in [0, 0.05) is 20.0 Å². The molecular weight excluding hydrogens is 433 g/mol. The summed E-state index contributed by atoms with van der Waals surface area (Å²) in [7, 11) is 1.72. The van der Waals surface area contributed by atoms with Crippen molar-refractivity contribution in [3.05, 3.63) is 29.8 Å². The maximum atomic E-state index is 11.3. The van der Waals surface area contributed by atoms with Crippen LogP contribution in [0.3, 0.4) is 0 Å². The molecule has 1 unspecified atom stereocenters. The maximum Gasteiger partial charge on any atom is 0.305 e. The number of guanidine groups is 1. The minimum absolute atomic E-state index is 0. The molecule has 6 nitrogen and oxygen atoms in total. The van der Waals surface area contributed by atoms with Gasteiger partial charge < -0.3 is 20.1 Å². The van der Waals surface area contributed by atoms with E-state index in [2.05, 4.69) is 15.6 Å². The highest BCUT2D eigenvalue weighted by Crippen LogP contribution is 2.17. The van der Waals surface area contributed by atoms with Gasteiger partial charge in [0.1, 0.15) is 11.9 Å². The van der Waals surface area contributed by atoms with Crippen LogP contribution in [0.1, 0.15) is 32.3 Å². The fraction of sp³-hybridized carbons (Fsp3) is 0.556. The zero-order valence-electron chi connectivity index (χ0n) is 15.5. The molecule has 142 valence electrons. The van der Waals surface area contributed by atoms with Gasteiger partial charge in [-0.3, -0.25) is 9.79 Å². The molecule has 0 aromatic heterocycles. The Morgan fingerprint density at radius 1 is 1.28 bits per heavy atom. The molecule has 1 aromatic rings. The Balaban J connectivity index is 0.00000576. The lowest BCUT2D eigenvalue weighted by Gasteiger charge is -2.18. The summed E-state index contributed by atoms with van der Waals surface area (Å²) in [5.41, 5.74) is 1.12. The fourth-order valence-electron chi connectivity index (χ4n) is 2.08. The lowest BCUT2D eigenvalue weighted by molar-refractivity contribution is -0.143. The molecule has 1 aromatic carbocycles. The van der Waals surface area contributed by atoms with Crippen molar-refractivity contribution in [2.75, 3.05) is 26.7 Å². The van der Waals surface area contributed by atoms with Crippen LogP contribution >= 0.6 is 24.0 Å². The van der Waals surface area contributed by atoms with Crippen molar-refractivity contribution in [3.63, 3.8) is 0 Å². The van der Waals surface area contributed by atoms with E-state index >= 15 is 0 Å². The van der Waals surface area contributed by atoms with Gasteiger partial charge in [-0.2, -0.15) is 0 Å². The summed E-state index contributed by atoms with van der Waals surface area (Å²) in [5, 5.41) is 6.39. The van der Waals surface area contributed by atoms with Gasteiger partial charge >= 0.3 is 5.97 Å². The van der Waals surface area contributed by atoms with E-state index < -0.39 is 0 Å². The lowest BCUT2D eigenvalue weighted by Crippen LogP contribution is -2.42. The second-order valence-electron chi connectivity index (χ2n) is 5.48. The summed E-state index contributed by atoms with van der Waals surface area (Å²) in [6.07, 6.45) is 1.11. The second-order valence-corrected chi connectivity index (χ2v) is 5.48. The molecule has 1 rings (SSSR count). The molecule has 0 aliphatic heterocycles. The molecule has 0 fully saturated rings. The minimum Gasteiger partial charge on any atom is -0.489 e. The number of nitrogens with one attached hydrogen (secondary N) is 2. The Kier molecular flexibility index (Phi) is 12.9. The van der Waals surface area contributed by atoms with Gasteiger partial charge in [-0.25, -0.2) is 0 Å². The van der Waals surface area contributed by atoms with Crippen molar-refractivity contribution in [2.24, 2.45) is 4.99 Å². The molecule has 7 heteroatoms. The predicted molar refractivity (Wildman–Crippen MR) is 112 cm³/mol. The number of hydrogen-bond acceptors (Lipinski definition) is 4. The number of hydrogen-bond donors (Lipinski definition) is 2. The topological polar surface area (TPSA) is 72.0 Å². The SMILES string of the molecule is CCOC(=O)CCCNC(=NC)NCC(C)Oc1ccccc1C.I. The Hall–Kier alpha value is -1.51. The molecule has 2 N–H and O–H groups in total. The number of carbonyl (C=O) groups excluding carboxylic acids is 1. The van der Waals surface area contributed by atoms with Crippen molar-refractivity contribution in [1.29, 1.82) is 0 Å². The summed E-state index contributed by atoms with van der Waals surface area (Å²) in [6.45, 7) is 7.56. The second kappa shape index (κ2) is 13.7. The zero-order chi connectivity index (χ0) is 17.8. The Bertz CT molecular complexity index is 538. The summed E-state index contributed by atoms with van der Waals surface area (Å²) in [5.74, 6) is 1.42. The van der Waals surface area contributed by atoms with Crippen LogP contribution in [-0.2, 0) is 9.53 Å². The van der Waals surface area contributed by atoms with Crippen molar-refractivity contribution in [2.45, 2.75) is 39.7 Å². The first-order valence-corrected chi connectivity index (χ1v) is 8.39. The number of benzene rings is 1. The molecule has 0 bridgehead atoms. The average molecular weight is 463 g/mol. The molecule has 0 saturated carbocycles. The van der Waals surface area contributed by atoms with Crippen molar-refractivity contribution in [1.82, 2.24) is 10.6 Å². The van der Waals surface area contributed by atoms with E-state index in [1.165, 1.54) is 0 Å².